The largest absolute Gasteiger partial charge is 0.285 e. The van der Waals surface area contributed by atoms with E-state index in [1.807, 2.05) is 6.92 Å². The fraction of sp³-hybridized carbons (Fsp3) is 1.00. The van der Waals surface area contributed by atoms with Gasteiger partial charge in [-0.25, -0.2) is 0 Å². The van der Waals surface area contributed by atoms with E-state index >= 15 is 0 Å². The van der Waals surface area contributed by atoms with E-state index in [2.05, 4.69) is 15.9 Å². The number of rotatable bonds is 4. The summed E-state index contributed by atoms with van der Waals surface area (Å²) in [7, 11) is -3.86. The molecule has 0 heterocycles. The van der Waals surface area contributed by atoms with Crippen LogP contribution < -0.4 is 0 Å². The first-order valence-electron chi connectivity index (χ1n) is 3.09. The molecule has 0 aromatic heterocycles. The molecule has 0 aromatic rings. The Morgan fingerprint density at radius 3 is 2.40 bits per heavy atom. The second-order valence-electron chi connectivity index (χ2n) is 2.07. The van der Waals surface area contributed by atoms with Crippen LogP contribution in [0.25, 0.3) is 0 Å². The highest BCUT2D eigenvalue weighted by atomic mass is 79.9. The third-order valence-electron chi connectivity index (χ3n) is 1.11. The van der Waals surface area contributed by atoms with Crippen molar-refractivity contribution < 1.29 is 13.0 Å². The van der Waals surface area contributed by atoms with Gasteiger partial charge >= 0.3 is 0 Å². The predicted molar refractivity (Wildman–Crippen MR) is 43.8 cm³/mol. The molecule has 5 heteroatoms. The second kappa shape index (κ2) is 4.31. The lowest BCUT2D eigenvalue weighted by Crippen LogP contribution is -2.12. The number of hydrogen-bond acceptors (Lipinski definition) is 2. The van der Waals surface area contributed by atoms with Crippen molar-refractivity contribution in [3.63, 3.8) is 0 Å². The van der Waals surface area contributed by atoms with Crippen LogP contribution in [0.15, 0.2) is 0 Å². The first-order chi connectivity index (χ1) is 4.48. The smallest absolute Gasteiger partial charge is 0.277 e. The zero-order valence-electron chi connectivity index (χ0n) is 5.75. The zero-order valence-corrected chi connectivity index (χ0v) is 8.15. The molecule has 0 saturated heterocycles. The van der Waals surface area contributed by atoms with Gasteiger partial charge in [-0.1, -0.05) is 35.7 Å². The van der Waals surface area contributed by atoms with E-state index in [0.717, 1.165) is 12.8 Å². The Hall–Kier alpha value is 0.390. The van der Waals surface area contributed by atoms with E-state index < -0.39 is 14.3 Å². The summed E-state index contributed by atoms with van der Waals surface area (Å²) >= 11 is 2.86. The van der Waals surface area contributed by atoms with Gasteiger partial charge in [-0.15, -0.1) is 0 Å². The normalized spacial score (nSPS) is 15.1. The van der Waals surface area contributed by atoms with E-state index in [1.165, 1.54) is 0 Å². The van der Waals surface area contributed by atoms with Crippen molar-refractivity contribution in [3.05, 3.63) is 0 Å². The Labute approximate surface area is 69.7 Å². The highest BCUT2D eigenvalue weighted by Crippen LogP contribution is 2.14. The van der Waals surface area contributed by atoms with E-state index in [1.54, 1.807) is 0 Å². The summed E-state index contributed by atoms with van der Waals surface area (Å²) in [5.74, 6) is 0. The van der Waals surface area contributed by atoms with E-state index in [4.69, 9.17) is 4.55 Å². The van der Waals surface area contributed by atoms with E-state index in [-0.39, 0.29) is 0 Å². The molecule has 0 bridgehead atoms. The van der Waals surface area contributed by atoms with Crippen LogP contribution in [0.1, 0.15) is 26.2 Å². The molecule has 10 heavy (non-hydrogen) atoms. The van der Waals surface area contributed by atoms with Crippen molar-refractivity contribution in [2.24, 2.45) is 0 Å². The minimum absolute atomic E-state index is 0.468. The monoisotopic (exact) mass is 230 g/mol. The van der Waals surface area contributed by atoms with Gasteiger partial charge in [0, 0.05) is 0 Å². The quantitative estimate of drug-likeness (QED) is 0.592. The van der Waals surface area contributed by atoms with E-state index in [9.17, 15) is 8.42 Å². The fourth-order valence-electron chi connectivity index (χ4n) is 0.514. The van der Waals surface area contributed by atoms with Crippen molar-refractivity contribution in [1.29, 1.82) is 0 Å². The first kappa shape index (κ1) is 10.4. The first-order valence-corrected chi connectivity index (χ1v) is 5.50. The molecular weight excluding hydrogens is 220 g/mol. The van der Waals surface area contributed by atoms with Gasteiger partial charge in [-0.05, 0) is 6.42 Å². The molecule has 3 nitrogen and oxygen atoms in total. The molecule has 0 fully saturated rings. The molecule has 0 rings (SSSR count). The Bertz CT molecular complexity index is 175. The maximum atomic E-state index is 10.3. The highest BCUT2D eigenvalue weighted by molar-refractivity contribution is 9.11. The minimum atomic E-state index is -3.86. The van der Waals surface area contributed by atoms with Crippen molar-refractivity contribution in [1.82, 2.24) is 0 Å². The van der Waals surface area contributed by atoms with Crippen LogP contribution in [-0.4, -0.2) is 17.1 Å². The fourth-order valence-corrected chi connectivity index (χ4v) is 1.30. The third-order valence-corrected chi connectivity index (χ3v) is 3.86. The lowest BCUT2D eigenvalue weighted by molar-refractivity contribution is 0.476. The van der Waals surface area contributed by atoms with Gasteiger partial charge in [0.15, 0.2) is 0 Å². The summed E-state index contributed by atoms with van der Waals surface area (Å²) in [6, 6.07) is 0. The molecule has 1 unspecified atom stereocenters. The summed E-state index contributed by atoms with van der Waals surface area (Å²) in [4.78, 5) is 0. The maximum Gasteiger partial charge on any atom is 0.277 e. The molecule has 0 aliphatic rings. The van der Waals surface area contributed by atoms with Crippen molar-refractivity contribution >= 4 is 26.0 Å². The molecule has 0 aliphatic carbocycles. The Morgan fingerprint density at radius 1 is 1.60 bits per heavy atom. The summed E-state index contributed by atoms with van der Waals surface area (Å²) < 4.78 is 28.3. The molecule has 0 aliphatic heterocycles. The highest BCUT2D eigenvalue weighted by Gasteiger charge is 2.17. The molecule has 0 aromatic carbocycles. The average molecular weight is 231 g/mol. The van der Waals surface area contributed by atoms with Crippen molar-refractivity contribution in [3.8, 4) is 0 Å². The Morgan fingerprint density at radius 2 is 2.10 bits per heavy atom. The van der Waals surface area contributed by atoms with Gasteiger partial charge in [0.25, 0.3) is 10.1 Å². The van der Waals surface area contributed by atoms with Crippen LogP contribution in [-0.2, 0) is 10.1 Å². The maximum absolute atomic E-state index is 10.3. The Kier molecular flexibility index (Phi) is 4.47. The summed E-state index contributed by atoms with van der Waals surface area (Å²) in [5, 5.41) is 0. The summed E-state index contributed by atoms with van der Waals surface area (Å²) in [6.45, 7) is 1.96. The molecule has 1 N–H and O–H groups in total. The van der Waals surface area contributed by atoms with Gasteiger partial charge in [0.1, 0.15) is 4.16 Å². The standard InChI is InChI=1S/C5H11BrO3S/c1-2-3-4-5(6)10(7,8)9/h5H,2-4H2,1H3,(H,7,8,9). The molecule has 62 valence electrons. The zero-order chi connectivity index (χ0) is 8.20. The molecule has 0 radical (unpaired) electrons. The summed E-state index contributed by atoms with van der Waals surface area (Å²) in [6.07, 6.45) is 2.20. The van der Waals surface area contributed by atoms with Crippen molar-refractivity contribution in [2.75, 3.05) is 0 Å². The molecular formula is C5H11BrO3S. The molecule has 0 amide bonds. The van der Waals surface area contributed by atoms with Gasteiger partial charge in [-0.2, -0.15) is 8.42 Å². The van der Waals surface area contributed by atoms with Gasteiger partial charge in [0.2, 0.25) is 0 Å². The minimum Gasteiger partial charge on any atom is -0.285 e. The van der Waals surface area contributed by atoms with Gasteiger partial charge < -0.3 is 0 Å². The number of alkyl halides is 1. The van der Waals surface area contributed by atoms with Gasteiger partial charge in [0.05, 0.1) is 0 Å². The molecule has 1 atom stereocenters. The third kappa shape index (κ3) is 4.24. The number of halogens is 1. The molecule has 0 spiro atoms. The van der Waals surface area contributed by atoms with Gasteiger partial charge in [-0.3, -0.25) is 4.55 Å². The second-order valence-corrected chi connectivity index (χ2v) is 5.38. The van der Waals surface area contributed by atoms with Crippen LogP contribution in [0.3, 0.4) is 0 Å². The van der Waals surface area contributed by atoms with Crippen molar-refractivity contribution in [2.45, 2.75) is 30.3 Å². The summed E-state index contributed by atoms with van der Waals surface area (Å²) in [5.41, 5.74) is 0. The predicted octanol–water partition coefficient (Wildman–Crippen LogP) is 1.79. The molecule has 0 saturated carbocycles. The van der Waals surface area contributed by atoms with Crippen LogP contribution in [0.4, 0.5) is 0 Å². The lowest BCUT2D eigenvalue weighted by atomic mass is 10.3. The topological polar surface area (TPSA) is 54.4 Å². The number of hydrogen-bond donors (Lipinski definition) is 1. The van der Waals surface area contributed by atoms with Crippen LogP contribution in [0, 0.1) is 0 Å². The lowest BCUT2D eigenvalue weighted by Gasteiger charge is -2.03. The average Bonchev–Trinajstić information content (AvgIpc) is 1.80. The van der Waals surface area contributed by atoms with E-state index in [0.29, 0.717) is 6.42 Å². The Balaban J connectivity index is 3.75. The van der Waals surface area contributed by atoms with Crippen LogP contribution in [0.2, 0.25) is 0 Å². The SMILES string of the molecule is CCCCC(Br)S(=O)(=O)O. The van der Waals surface area contributed by atoms with Crippen LogP contribution in [0.5, 0.6) is 0 Å². The van der Waals surface area contributed by atoms with Crippen LogP contribution >= 0.6 is 15.9 Å². The number of unbranched alkanes of at least 4 members (excludes halogenated alkanes) is 1.